The fraction of sp³-hybridized carbons (Fsp3) is 0.471. The van der Waals surface area contributed by atoms with Crippen LogP contribution in [0.25, 0.3) is 11.3 Å². The van der Waals surface area contributed by atoms with Crippen molar-refractivity contribution in [2.45, 2.75) is 26.7 Å². The van der Waals surface area contributed by atoms with Crippen molar-refractivity contribution in [3.63, 3.8) is 0 Å². The summed E-state index contributed by atoms with van der Waals surface area (Å²) in [5, 5.41) is 4.57. The molecule has 0 radical (unpaired) electrons. The van der Waals surface area contributed by atoms with E-state index in [1.807, 2.05) is 11.7 Å². The monoisotopic (exact) mass is 271 g/mol. The van der Waals surface area contributed by atoms with Gasteiger partial charge in [0.1, 0.15) is 0 Å². The van der Waals surface area contributed by atoms with Crippen LogP contribution in [0, 0.1) is 6.92 Å². The number of benzene rings is 1. The van der Waals surface area contributed by atoms with E-state index in [0.29, 0.717) is 0 Å². The maximum Gasteiger partial charge on any atom is 0.0713 e. The molecule has 108 valence electrons. The molecule has 20 heavy (non-hydrogen) atoms. The van der Waals surface area contributed by atoms with Crippen molar-refractivity contribution in [3.05, 3.63) is 41.1 Å². The third-order valence-corrected chi connectivity index (χ3v) is 3.75. The minimum atomic E-state index is 1.02. The summed E-state index contributed by atoms with van der Waals surface area (Å²) in [7, 11) is 6.26. The van der Waals surface area contributed by atoms with Gasteiger partial charge in [-0.15, -0.1) is 0 Å². The average Bonchev–Trinajstić information content (AvgIpc) is 2.70. The quantitative estimate of drug-likeness (QED) is 0.833. The van der Waals surface area contributed by atoms with Gasteiger partial charge in [0.25, 0.3) is 0 Å². The molecule has 1 aromatic carbocycles. The minimum absolute atomic E-state index is 1.02. The molecule has 0 fully saturated rings. The molecule has 3 heteroatoms. The summed E-state index contributed by atoms with van der Waals surface area (Å²) in [6.07, 6.45) is 2.11. The van der Waals surface area contributed by atoms with Crippen LogP contribution in [0.5, 0.6) is 0 Å². The molecule has 2 aromatic rings. The molecule has 0 N–H and O–H groups in total. The van der Waals surface area contributed by atoms with Crippen molar-refractivity contribution in [1.29, 1.82) is 0 Å². The van der Waals surface area contributed by atoms with E-state index < -0.39 is 0 Å². The zero-order valence-corrected chi connectivity index (χ0v) is 13.3. The van der Waals surface area contributed by atoms with Crippen LogP contribution in [0.2, 0.25) is 0 Å². The first-order valence-electron chi connectivity index (χ1n) is 7.29. The fourth-order valence-electron chi connectivity index (χ4n) is 2.71. The number of likely N-dealkylation sites (N-methyl/N-ethyl adjacent to an activating group) is 1. The first kappa shape index (κ1) is 14.8. The molecule has 0 saturated heterocycles. The Bertz CT molecular complexity index is 582. The first-order valence-corrected chi connectivity index (χ1v) is 7.29. The lowest BCUT2D eigenvalue weighted by Crippen LogP contribution is -2.15. The maximum atomic E-state index is 4.57. The number of aromatic nitrogens is 2. The van der Waals surface area contributed by atoms with Crippen molar-refractivity contribution in [2.75, 3.05) is 20.6 Å². The summed E-state index contributed by atoms with van der Waals surface area (Å²) in [5.41, 5.74) is 6.43. The summed E-state index contributed by atoms with van der Waals surface area (Å²) in [6.45, 7) is 5.37. The lowest BCUT2D eigenvalue weighted by Gasteiger charge is -2.11. The van der Waals surface area contributed by atoms with Crippen LogP contribution in [0.1, 0.15) is 23.7 Å². The molecule has 0 aliphatic carbocycles. The van der Waals surface area contributed by atoms with Crippen molar-refractivity contribution >= 4 is 0 Å². The molecule has 0 bridgehead atoms. The van der Waals surface area contributed by atoms with Crippen LogP contribution in [-0.4, -0.2) is 35.3 Å². The Balaban J connectivity index is 2.36. The Morgan fingerprint density at radius 1 is 1.25 bits per heavy atom. The normalized spacial score (nSPS) is 11.3. The Labute approximate surface area is 122 Å². The van der Waals surface area contributed by atoms with Gasteiger partial charge in [0.15, 0.2) is 0 Å². The summed E-state index contributed by atoms with van der Waals surface area (Å²) in [6, 6.07) is 8.86. The van der Waals surface area contributed by atoms with E-state index in [9.17, 15) is 0 Å². The summed E-state index contributed by atoms with van der Waals surface area (Å²) in [5.74, 6) is 0. The Hall–Kier alpha value is -1.61. The maximum absolute atomic E-state index is 4.57. The summed E-state index contributed by atoms with van der Waals surface area (Å²) >= 11 is 0. The average molecular weight is 271 g/mol. The summed E-state index contributed by atoms with van der Waals surface area (Å²) in [4.78, 5) is 2.22. The highest BCUT2D eigenvalue weighted by Crippen LogP contribution is 2.27. The van der Waals surface area contributed by atoms with Crippen molar-refractivity contribution in [1.82, 2.24) is 14.7 Å². The van der Waals surface area contributed by atoms with Crippen LogP contribution in [0.15, 0.2) is 24.3 Å². The van der Waals surface area contributed by atoms with E-state index in [1.165, 1.54) is 22.4 Å². The molecule has 1 heterocycles. The van der Waals surface area contributed by atoms with Gasteiger partial charge >= 0.3 is 0 Å². The molecule has 0 atom stereocenters. The third-order valence-electron chi connectivity index (χ3n) is 3.75. The fourth-order valence-corrected chi connectivity index (χ4v) is 2.71. The second-order valence-corrected chi connectivity index (χ2v) is 5.64. The van der Waals surface area contributed by atoms with Crippen LogP contribution in [-0.2, 0) is 19.9 Å². The van der Waals surface area contributed by atoms with E-state index in [2.05, 4.69) is 62.2 Å². The number of nitrogens with zero attached hydrogens (tertiary/aromatic N) is 3. The zero-order chi connectivity index (χ0) is 14.7. The molecule has 0 aliphatic heterocycles. The second kappa shape index (κ2) is 6.23. The van der Waals surface area contributed by atoms with Gasteiger partial charge < -0.3 is 4.90 Å². The predicted molar refractivity (Wildman–Crippen MR) is 85.0 cm³/mol. The number of hydrogen-bond acceptors (Lipinski definition) is 2. The molecular formula is C17H25N3. The van der Waals surface area contributed by atoms with Crippen molar-refractivity contribution in [2.24, 2.45) is 7.05 Å². The number of aryl methyl sites for hydroxylation is 2. The summed E-state index contributed by atoms with van der Waals surface area (Å²) < 4.78 is 2.01. The van der Waals surface area contributed by atoms with E-state index in [4.69, 9.17) is 0 Å². The van der Waals surface area contributed by atoms with Crippen molar-refractivity contribution in [3.8, 4) is 11.3 Å². The van der Waals surface area contributed by atoms with Crippen LogP contribution < -0.4 is 0 Å². The lowest BCUT2D eigenvalue weighted by atomic mass is 10.0. The lowest BCUT2D eigenvalue weighted by molar-refractivity contribution is 0.413. The van der Waals surface area contributed by atoms with Gasteiger partial charge in [-0.2, -0.15) is 5.10 Å². The van der Waals surface area contributed by atoms with Gasteiger partial charge in [0.2, 0.25) is 0 Å². The van der Waals surface area contributed by atoms with Gasteiger partial charge in [-0.1, -0.05) is 25.1 Å². The van der Waals surface area contributed by atoms with E-state index >= 15 is 0 Å². The highest BCUT2D eigenvalue weighted by Gasteiger charge is 2.13. The minimum Gasteiger partial charge on any atom is -0.309 e. The van der Waals surface area contributed by atoms with E-state index in [1.54, 1.807) is 0 Å². The van der Waals surface area contributed by atoms with Crippen LogP contribution in [0.4, 0.5) is 0 Å². The second-order valence-electron chi connectivity index (χ2n) is 5.64. The Morgan fingerprint density at radius 2 is 2.00 bits per heavy atom. The third kappa shape index (κ3) is 3.10. The SMILES string of the molecule is CCc1c(C)nn(C)c1-c1cccc(CCN(C)C)c1. The molecule has 1 aromatic heterocycles. The predicted octanol–water partition coefficient (Wildman–Crippen LogP) is 3.06. The molecule has 0 amide bonds. The van der Waals surface area contributed by atoms with E-state index in [0.717, 1.165) is 25.1 Å². The highest BCUT2D eigenvalue weighted by molar-refractivity contribution is 5.65. The molecule has 0 spiro atoms. The Morgan fingerprint density at radius 3 is 2.65 bits per heavy atom. The standard InChI is InChI=1S/C17H25N3/c1-6-16-13(2)18-20(5)17(16)15-9-7-8-14(12-15)10-11-19(3)4/h7-9,12H,6,10-11H2,1-5H3. The topological polar surface area (TPSA) is 21.1 Å². The highest BCUT2D eigenvalue weighted by atomic mass is 15.3. The van der Waals surface area contributed by atoms with Gasteiger partial charge in [-0.25, -0.2) is 0 Å². The van der Waals surface area contributed by atoms with Gasteiger partial charge in [0, 0.05) is 24.7 Å². The molecular weight excluding hydrogens is 246 g/mol. The Kier molecular flexibility index (Phi) is 4.61. The number of hydrogen-bond donors (Lipinski definition) is 0. The molecule has 0 saturated carbocycles. The van der Waals surface area contributed by atoms with Gasteiger partial charge in [0.05, 0.1) is 11.4 Å². The van der Waals surface area contributed by atoms with Gasteiger partial charge in [-0.05, 0) is 45.5 Å². The van der Waals surface area contributed by atoms with Crippen molar-refractivity contribution < 1.29 is 0 Å². The zero-order valence-electron chi connectivity index (χ0n) is 13.3. The largest absolute Gasteiger partial charge is 0.309 e. The van der Waals surface area contributed by atoms with Crippen LogP contribution in [0.3, 0.4) is 0 Å². The van der Waals surface area contributed by atoms with Crippen LogP contribution >= 0.6 is 0 Å². The van der Waals surface area contributed by atoms with E-state index in [-0.39, 0.29) is 0 Å². The van der Waals surface area contributed by atoms with Gasteiger partial charge in [-0.3, -0.25) is 4.68 Å². The molecule has 3 nitrogen and oxygen atoms in total. The number of rotatable bonds is 5. The molecule has 2 rings (SSSR count). The molecule has 0 unspecified atom stereocenters. The first-order chi connectivity index (χ1) is 9.52. The smallest absolute Gasteiger partial charge is 0.0713 e. The molecule has 0 aliphatic rings.